The molecule has 0 radical (unpaired) electrons. The Labute approximate surface area is 263 Å². The molecule has 1 saturated heterocycles. The number of halogens is 3. The number of aryl methyl sites for hydroxylation is 1. The van der Waals surface area contributed by atoms with Gasteiger partial charge in [-0.1, -0.05) is 68.1 Å². The summed E-state index contributed by atoms with van der Waals surface area (Å²) < 4.78 is 45.8. The van der Waals surface area contributed by atoms with Crippen LogP contribution in [0, 0.1) is 6.92 Å². The largest absolute Gasteiger partial charge is 0.339 e. The molecule has 0 bridgehead atoms. The van der Waals surface area contributed by atoms with Gasteiger partial charge in [-0.05, 0) is 98.2 Å². The monoisotopic (exact) mass is 611 g/mol. The van der Waals surface area contributed by atoms with Crippen LogP contribution in [0.3, 0.4) is 0 Å². The van der Waals surface area contributed by atoms with Gasteiger partial charge < -0.3 is 4.90 Å². The minimum absolute atomic E-state index is 0.0561. The number of para-hydroxylation sites is 2. The third kappa shape index (κ3) is 6.68. The Hall–Kier alpha value is -4.39. The lowest BCUT2D eigenvalue weighted by Crippen LogP contribution is -2.38. The van der Waals surface area contributed by atoms with Gasteiger partial charge in [0.25, 0.3) is 11.8 Å². The van der Waals surface area contributed by atoms with Crippen molar-refractivity contribution in [2.75, 3.05) is 13.1 Å². The summed E-state index contributed by atoms with van der Waals surface area (Å²) in [5.74, 6) is -2.40. The summed E-state index contributed by atoms with van der Waals surface area (Å²) in [6.07, 6.45) is 3.83. The van der Waals surface area contributed by atoms with E-state index in [0.717, 1.165) is 39.1 Å². The average Bonchev–Trinajstić information content (AvgIpc) is 3.44. The van der Waals surface area contributed by atoms with Crippen LogP contribution in [0.1, 0.15) is 90.2 Å². The minimum Gasteiger partial charge on any atom is -0.339 e. The highest BCUT2D eigenvalue weighted by Crippen LogP contribution is 2.36. The van der Waals surface area contributed by atoms with Crippen molar-refractivity contribution in [2.45, 2.75) is 64.6 Å². The number of hydrogen-bond donors (Lipinski definition) is 0. The number of amides is 1. The van der Waals surface area contributed by atoms with Gasteiger partial charge in [0.2, 0.25) is 0 Å². The van der Waals surface area contributed by atoms with Crippen molar-refractivity contribution in [3.05, 3.63) is 131 Å². The molecular weight excluding hydrogens is 571 g/mol. The van der Waals surface area contributed by atoms with E-state index in [0.29, 0.717) is 56.0 Å². The van der Waals surface area contributed by atoms with Gasteiger partial charge in [-0.25, -0.2) is 9.37 Å². The molecule has 1 amide bonds. The summed E-state index contributed by atoms with van der Waals surface area (Å²) in [5.41, 5.74) is 6.17. The number of fused-ring (bicyclic) bond motifs is 1. The van der Waals surface area contributed by atoms with Gasteiger partial charge >= 0.3 is 0 Å². The molecule has 0 N–H and O–H groups in total. The van der Waals surface area contributed by atoms with Crippen molar-refractivity contribution in [3.8, 4) is 0 Å². The minimum atomic E-state index is -3.15. The van der Waals surface area contributed by atoms with E-state index in [9.17, 15) is 13.6 Å². The first-order valence-electron chi connectivity index (χ1n) is 15.5. The molecule has 0 spiro atoms. The molecule has 1 aliphatic rings. The normalized spacial score (nSPS) is 15.3. The van der Waals surface area contributed by atoms with Crippen LogP contribution in [-0.2, 0) is 5.92 Å². The van der Waals surface area contributed by atoms with Crippen molar-refractivity contribution >= 4 is 22.5 Å². The Morgan fingerprint density at radius 1 is 1.07 bits per heavy atom. The molecule has 1 unspecified atom stereocenters. The molecule has 1 atom stereocenters. The molecule has 4 aromatic rings. The van der Waals surface area contributed by atoms with Gasteiger partial charge in [0.05, 0.1) is 11.0 Å². The van der Waals surface area contributed by atoms with E-state index in [1.165, 1.54) is 12.1 Å². The molecule has 7 heteroatoms. The standard InChI is InChI=1S/C38H40F3N3O/c1-6-35(39)44-34-14-9-8-13-33(34)42-36(44)27-19-21-43(22-20-27)37(45)29-16-18-31(26(5)23-29)32(17-15-25(3)4)28-11-10-12-30(24-28)38(40,41)7-2/h7-14,16-18,23-24,27,35H,2-3,6,15,19-22H2,1,4-5H3/b32-17-. The highest BCUT2D eigenvalue weighted by atomic mass is 19.3. The van der Waals surface area contributed by atoms with E-state index >= 15 is 4.39 Å². The fraction of sp³-hybridized carbons (Fsp3) is 0.316. The number of rotatable bonds is 10. The third-order valence-electron chi connectivity index (χ3n) is 8.62. The summed E-state index contributed by atoms with van der Waals surface area (Å²) >= 11 is 0. The number of nitrogens with zero attached hydrogens (tertiary/aromatic N) is 3. The predicted octanol–water partition coefficient (Wildman–Crippen LogP) is 9.92. The second kappa shape index (κ2) is 13.3. The lowest BCUT2D eigenvalue weighted by Gasteiger charge is -2.32. The number of carbonyl (C=O) groups is 1. The van der Waals surface area contributed by atoms with Crippen molar-refractivity contribution in [1.82, 2.24) is 14.5 Å². The lowest BCUT2D eigenvalue weighted by atomic mass is 9.90. The highest BCUT2D eigenvalue weighted by molar-refractivity contribution is 5.95. The number of imidazole rings is 1. The van der Waals surface area contributed by atoms with Crippen molar-refractivity contribution in [3.63, 3.8) is 0 Å². The van der Waals surface area contributed by atoms with Crippen LogP contribution in [0.2, 0.25) is 0 Å². The number of likely N-dealkylation sites (tertiary alicyclic amines) is 1. The summed E-state index contributed by atoms with van der Waals surface area (Å²) in [4.78, 5) is 20.3. The van der Waals surface area contributed by atoms with Crippen LogP contribution in [0.5, 0.6) is 0 Å². The fourth-order valence-electron chi connectivity index (χ4n) is 6.12. The average molecular weight is 612 g/mol. The van der Waals surface area contributed by atoms with E-state index in [2.05, 4.69) is 13.2 Å². The first-order valence-corrected chi connectivity index (χ1v) is 15.5. The number of alkyl halides is 3. The van der Waals surface area contributed by atoms with Crippen LogP contribution in [0.15, 0.2) is 97.6 Å². The third-order valence-corrected chi connectivity index (χ3v) is 8.62. The van der Waals surface area contributed by atoms with E-state index in [1.54, 1.807) is 10.6 Å². The van der Waals surface area contributed by atoms with E-state index in [1.807, 2.05) is 80.3 Å². The van der Waals surface area contributed by atoms with E-state index in [4.69, 9.17) is 4.98 Å². The Morgan fingerprint density at radius 2 is 1.80 bits per heavy atom. The molecule has 1 fully saturated rings. The molecule has 45 heavy (non-hydrogen) atoms. The second-order valence-electron chi connectivity index (χ2n) is 12.0. The van der Waals surface area contributed by atoms with Gasteiger partial charge in [0.1, 0.15) is 5.82 Å². The van der Waals surface area contributed by atoms with Crippen LogP contribution >= 0.6 is 0 Å². The smallest absolute Gasteiger partial charge is 0.291 e. The number of carbonyl (C=O) groups excluding carboxylic acids is 1. The molecular formula is C38H40F3N3O. The molecule has 234 valence electrons. The maximum Gasteiger partial charge on any atom is 0.291 e. The highest BCUT2D eigenvalue weighted by Gasteiger charge is 2.30. The molecule has 5 rings (SSSR count). The number of piperidine rings is 1. The molecule has 1 aliphatic heterocycles. The number of hydrogen-bond acceptors (Lipinski definition) is 2. The fourth-order valence-corrected chi connectivity index (χ4v) is 6.12. The number of aromatic nitrogens is 2. The Morgan fingerprint density at radius 3 is 2.47 bits per heavy atom. The van der Waals surface area contributed by atoms with Crippen LogP contribution in [0.4, 0.5) is 13.2 Å². The first-order chi connectivity index (χ1) is 21.5. The van der Waals surface area contributed by atoms with Gasteiger partial charge in [0, 0.05) is 30.1 Å². The van der Waals surface area contributed by atoms with E-state index < -0.39 is 12.2 Å². The maximum atomic E-state index is 15.1. The van der Waals surface area contributed by atoms with Crippen LogP contribution in [-0.4, -0.2) is 33.4 Å². The van der Waals surface area contributed by atoms with Gasteiger partial charge in [-0.3, -0.25) is 9.36 Å². The molecule has 0 aliphatic carbocycles. The number of allylic oxidation sites excluding steroid dienone is 3. The summed E-state index contributed by atoms with van der Waals surface area (Å²) in [6.45, 7) is 14.1. The molecule has 2 heterocycles. The van der Waals surface area contributed by atoms with Crippen molar-refractivity contribution in [2.24, 2.45) is 0 Å². The maximum absolute atomic E-state index is 15.1. The molecule has 4 nitrogen and oxygen atoms in total. The van der Waals surface area contributed by atoms with Gasteiger partial charge in [-0.15, -0.1) is 0 Å². The topological polar surface area (TPSA) is 38.1 Å². The summed E-state index contributed by atoms with van der Waals surface area (Å²) in [5, 5.41) is 0. The zero-order valence-electron chi connectivity index (χ0n) is 26.2. The molecule has 1 aromatic heterocycles. The zero-order chi connectivity index (χ0) is 32.3. The lowest BCUT2D eigenvalue weighted by molar-refractivity contribution is 0.0525. The number of benzene rings is 3. The van der Waals surface area contributed by atoms with Crippen LogP contribution in [0.25, 0.3) is 16.6 Å². The molecule has 3 aromatic carbocycles. The summed E-state index contributed by atoms with van der Waals surface area (Å²) in [6, 6.07) is 19.5. The Bertz CT molecular complexity index is 1760. The van der Waals surface area contributed by atoms with E-state index in [-0.39, 0.29) is 17.4 Å². The quantitative estimate of drug-likeness (QED) is 0.167. The Kier molecular flexibility index (Phi) is 9.47. The predicted molar refractivity (Wildman–Crippen MR) is 176 cm³/mol. The van der Waals surface area contributed by atoms with Gasteiger partial charge in [0.15, 0.2) is 6.30 Å². The Balaban J connectivity index is 1.36. The first kappa shape index (κ1) is 32.0. The molecule has 0 saturated carbocycles. The second-order valence-corrected chi connectivity index (χ2v) is 12.0. The zero-order valence-corrected chi connectivity index (χ0v) is 26.2. The van der Waals surface area contributed by atoms with Crippen molar-refractivity contribution < 1.29 is 18.0 Å². The SMILES string of the molecule is C=CC(F)(F)c1cccc(/C(=C/CC(=C)C)c2ccc(C(=O)N3CCC(c4nc5ccccc5n4C(F)CC)CC3)cc2C)c1. The van der Waals surface area contributed by atoms with Gasteiger partial charge in [-0.2, -0.15) is 8.78 Å². The van der Waals surface area contributed by atoms with Crippen LogP contribution < -0.4 is 0 Å². The van der Waals surface area contributed by atoms with Crippen molar-refractivity contribution in [1.29, 1.82) is 0 Å². The summed E-state index contributed by atoms with van der Waals surface area (Å²) in [7, 11) is 0.